The summed E-state index contributed by atoms with van der Waals surface area (Å²) >= 11 is 0. The molecule has 1 unspecified atom stereocenters. The number of hydrogen-bond donors (Lipinski definition) is 2. The smallest absolute Gasteiger partial charge is 0.410 e. The van der Waals surface area contributed by atoms with Crippen molar-refractivity contribution in [1.29, 1.82) is 0 Å². The molecule has 1 atom stereocenters. The molecule has 2 N–H and O–H groups in total. The van der Waals surface area contributed by atoms with E-state index in [2.05, 4.69) is 5.32 Å². The van der Waals surface area contributed by atoms with Crippen LogP contribution in [0.25, 0.3) is 0 Å². The third-order valence-electron chi connectivity index (χ3n) is 4.09. The number of nitrogens with zero attached hydrogens (tertiary/aromatic N) is 1. The number of hydrogen-bond acceptors (Lipinski definition) is 4. The lowest BCUT2D eigenvalue weighted by atomic mass is 9.97. The van der Waals surface area contributed by atoms with Crippen LogP contribution in [0.1, 0.15) is 39.2 Å². The summed E-state index contributed by atoms with van der Waals surface area (Å²) in [6, 6.07) is 6.95. The van der Waals surface area contributed by atoms with E-state index in [0.29, 0.717) is 26.1 Å². The summed E-state index contributed by atoms with van der Waals surface area (Å²) in [5, 5.41) is 12.2. The van der Waals surface area contributed by atoms with Crippen molar-refractivity contribution >= 4 is 12.0 Å². The summed E-state index contributed by atoms with van der Waals surface area (Å²) in [6.07, 6.45) is 1.93. The maximum Gasteiger partial charge on any atom is 0.410 e. The summed E-state index contributed by atoms with van der Waals surface area (Å²) in [6.45, 7) is 7.08. The standard InChI is InChI=1S/C19H28N2O4/c1-19(2,3)25-18(24)21-12-4-5-15(13-21)17(23)20-11-10-14-6-8-16(22)9-7-14/h6-9,15,22H,4-5,10-13H2,1-3H3,(H,20,23). The Morgan fingerprint density at radius 3 is 2.60 bits per heavy atom. The van der Waals surface area contributed by atoms with E-state index < -0.39 is 5.60 Å². The van der Waals surface area contributed by atoms with Gasteiger partial charge in [0.2, 0.25) is 5.91 Å². The second-order valence-electron chi connectivity index (χ2n) is 7.47. The van der Waals surface area contributed by atoms with E-state index in [1.54, 1.807) is 17.0 Å². The van der Waals surface area contributed by atoms with Gasteiger partial charge in [-0.15, -0.1) is 0 Å². The first-order chi connectivity index (χ1) is 11.7. The molecule has 0 aromatic heterocycles. The number of phenolic OH excluding ortho intramolecular Hbond substituents is 1. The Morgan fingerprint density at radius 1 is 1.28 bits per heavy atom. The molecule has 1 aliphatic heterocycles. The van der Waals surface area contributed by atoms with Gasteiger partial charge in [0, 0.05) is 19.6 Å². The molecule has 25 heavy (non-hydrogen) atoms. The van der Waals surface area contributed by atoms with Gasteiger partial charge in [-0.05, 0) is 57.7 Å². The molecular weight excluding hydrogens is 320 g/mol. The molecule has 0 radical (unpaired) electrons. The van der Waals surface area contributed by atoms with Gasteiger partial charge in [0.15, 0.2) is 0 Å². The number of piperidine rings is 1. The summed E-state index contributed by atoms with van der Waals surface area (Å²) < 4.78 is 5.39. The second kappa shape index (κ2) is 8.23. The number of likely N-dealkylation sites (tertiary alicyclic amines) is 1. The lowest BCUT2D eigenvalue weighted by molar-refractivity contribution is -0.126. The van der Waals surface area contributed by atoms with Gasteiger partial charge in [0.1, 0.15) is 11.4 Å². The number of carbonyl (C=O) groups is 2. The number of amides is 2. The van der Waals surface area contributed by atoms with Gasteiger partial charge in [0.05, 0.1) is 5.92 Å². The highest BCUT2D eigenvalue weighted by molar-refractivity contribution is 5.80. The number of aromatic hydroxyl groups is 1. The topological polar surface area (TPSA) is 78.9 Å². The van der Waals surface area contributed by atoms with Crippen LogP contribution in [0.4, 0.5) is 4.79 Å². The molecule has 2 rings (SSSR count). The monoisotopic (exact) mass is 348 g/mol. The Hall–Kier alpha value is -2.24. The number of phenols is 1. The van der Waals surface area contributed by atoms with Crippen molar-refractivity contribution in [1.82, 2.24) is 10.2 Å². The zero-order chi connectivity index (χ0) is 18.4. The van der Waals surface area contributed by atoms with Crippen LogP contribution in [0.3, 0.4) is 0 Å². The SMILES string of the molecule is CC(C)(C)OC(=O)N1CCCC(C(=O)NCCc2ccc(O)cc2)C1. The van der Waals surface area contributed by atoms with Crippen LogP contribution in [0.2, 0.25) is 0 Å². The normalized spacial score (nSPS) is 17.9. The average molecular weight is 348 g/mol. The molecule has 0 aliphatic carbocycles. The third kappa shape index (κ3) is 6.29. The van der Waals surface area contributed by atoms with Crippen LogP contribution < -0.4 is 5.32 Å². The third-order valence-corrected chi connectivity index (χ3v) is 4.09. The maximum atomic E-state index is 12.4. The van der Waals surface area contributed by atoms with Crippen molar-refractivity contribution in [3.8, 4) is 5.75 Å². The van der Waals surface area contributed by atoms with E-state index >= 15 is 0 Å². The quantitative estimate of drug-likeness (QED) is 0.877. The largest absolute Gasteiger partial charge is 0.508 e. The van der Waals surface area contributed by atoms with E-state index in [1.165, 1.54) is 0 Å². The van der Waals surface area contributed by atoms with Crippen molar-refractivity contribution in [2.24, 2.45) is 5.92 Å². The molecule has 1 aromatic rings. The highest BCUT2D eigenvalue weighted by Crippen LogP contribution is 2.19. The van der Waals surface area contributed by atoms with Crippen molar-refractivity contribution in [3.63, 3.8) is 0 Å². The molecule has 0 saturated carbocycles. The number of benzene rings is 1. The molecule has 6 nitrogen and oxygen atoms in total. The van der Waals surface area contributed by atoms with Gasteiger partial charge in [-0.25, -0.2) is 4.79 Å². The summed E-state index contributed by atoms with van der Waals surface area (Å²) in [5.41, 5.74) is 0.522. The Labute approximate surface area is 149 Å². The first kappa shape index (κ1) is 19.1. The van der Waals surface area contributed by atoms with Gasteiger partial charge in [0.25, 0.3) is 0 Å². The molecule has 138 valence electrons. The molecule has 0 bridgehead atoms. The second-order valence-corrected chi connectivity index (χ2v) is 7.47. The number of nitrogens with one attached hydrogen (secondary N) is 1. The Morgan fingerprint density at radius 2 is 1.96 bits per heavy atom. The highest BCUT2D eigenvalue weighted by atomic mass is 16.6. The van der Waals surface area contributed by atoms with Gasteiger partial charge in [-0.2, -0.15) is 0 Å². The van der Waals surface area contributed by atoms with Crippen molar-refractivity contribution in [2.75, 3.05) is 19.6 Å². The summed E-state index contributed by atoms with van der Waals surface area (Å²) in [4.78, 5) is 26.1. The highest BCUT2D eigenvalue weighted by Gasteiger charge is 2.30. The predicted molar refractivity (Wildman–Crippen MR) is 95.4 cm³/mol. The zero-order valence-electron chi connectivity index (χ0n) is 15.2. The van der Waals surface area contributed by atoms with E-state index in [9.17, 15) is 14.7 Å². The molecule has 1 heterocycles. The van der Waals surface area contributed by atoms with Crippen LogP contribution >= 0.6 is 0 Å². The van der Waals surface area contributed by atoms with Crippen LogP contribution in [-0.4, -0.2) is 47.2 Å². The van der Waals surface area contributed by atoms with Crippen LogP contribution in [0, 0.1) is 5.92 Å². The molecule has 6 heteroatoms. The van der Waals surface area contributed by atoms with Gasteiger partial charge < -0.3 is 20.1 Å². The summed E-state index contributed by atoms with van der Waals surface area (Å²) in [5.74, 6) is 0.0188. The van der Waals surface area contributed by atoms with Crippen LogP contribution in [0.5, 0.6) is 5.75 Å². The van der Waals surface area contributed by atoms with E-state index in [4.69, 9.17) is 4.74 Å². The van der Waals surface area contributed by atoms with E-state index in [0.717, 1.165) is 18.4 Å². The number of ether oxygens (including phenoxy) is 1. The fraction of sp³-hybridized carbons (Fsp3) is 0.579. The lowest BCUT2D eigenvalue weighted by Crippen LogP contribution is -2.47. The number of rotatable bonds is 4. The maximum absolute atomic E-state index is 12.4. The van der Waals surface area contributed by atoms with E-state index in [1.807, 2.05) is 32.9 Å². The molecular formula is C19H28N2O4. The van der Waals surface area contributed by atoms with Crippen LogP contribution in [-0.2, 0) is 16.0 Å². The Bertz CT molecular complexity index is 592. The van der Waals surface area contributed by atoms with Gasteiger partial charge in [-0.1, -0.05) is 12.1 Å². The Kier molecular flexibility index (Phi) is 6.28. The molecule has 0 spiro atoms. The Balaban J connectivity index is 1.78. The predicted octanol–water partition coefficient (Wildman–Crippen LogP) is 2.70. The van der Waals surface area contributed by atoms with Gasteiger partial charge >= 0.3 is 6.09 Å². The first-order valence-corrected chi connectivity index (χ1v) is 8.78. The zero-order valence-corrected chi connectivity index (χ0v) is 15.2. The minimum atomic E-state index is -0.531. The average Bonchev–Trinajstić information content (AvgIpc) is 2.55. The van der Waals surface area contributed by atoms with E-state index in [-0.39, 0.29) is 23.7 Å². The fourth-order valence-corrected chi connectivity index (χ4v) is 2.82. The molecule has 1 fully saturated rings. The lowest BCUT2D eigenvalue weighted by Gasteiger charge is -2.33. The van der Waals surface area contributed by atoms with Crippen LogP contribution in [0.15, 0.2) is 24.3 Å². The first-order valence-electron chi connectivity index (χ1n) is 8.78. The van der Waals surface area contributed by atoms with Crippen molar-refractivity contribution in [2.45, 2.75) is 45.6 Å². The van der Waals surface area contributed by atoms with Crippen molar-refractivity contribution < 1.29 is 19.4 Å². The van der Waals surface area contributed by atoms with Crippen molar-refractivity contribution in [3.05, 3.63) is 29.8 Å². The minimum Gasteiger partial charge on any atom is -0.508 e. The number of carbonyl (C=O) groups excluding carboxylic acids is 2. The molecule has 1 aromatic carbocycles. The summed E-state index contributed by atoms with van der Waals surface area (Å²) in [7, 11) is 0. The van der Waals surface area contributed by atoms with Gasteiger partial charge in [-0.3, -0.25) is 4.79 Å². The molecule has 1 saturated heterocycles. The minimum absolute atomic E-state index is 0.0213. The molecule has 1 aliphatic rings. The fourth-order valence-electron chi connectivity index (χ4n) is 2.82. The molecule has 2 amide bonds.